The van der Waals surface area contributed by atoms with Gasteiger partial charge in [-0.2, -0.15) is 13.2 Å². The molecular formula is C9H7ClF5NO. The Morgan fingerprint density at radius 1 is 1.35 bits per heavy atom. The quantitative estimate of drug-likeness (QED) is 0.678. The first-order valence-corrected chi connectivity index (χ1v) is 4.89. The summed E-state index contributed by atoms with van der Waals surface area (Å²) in [6.45, 7) is -0.946. The Kier molecular flexibility index (Phi) is 4.26. The summed E-state index contributed by atoms with van der Waals surface area (Å²) >= 11 is 5.24. The SMILES string of the molecule is OCc1cnc(CCl)c(C(F)(F)F)c1C(F)F. The van der Waals surface area contributed by atoms with Crippen LogP contribution in [0.25, 0.3) is 0 Å². The number of hydrogen-bond donors (Lipinski definition) is 1. The predicted octanol–water partition coefficient (Wildman–Crippen LogP) is 3.27. The van der Waals surface area contributed by atoms with Gasteiger partial charge < -0.3 is 5.11 Å². The molecule has 17 heavy (non-hydrogen) atoms. The third kappa shape index (κ3) is 2.84. The lowest BCUT2D eigenvalue weighted by Gasteiger charge is -2.17. The van der Waals surface area contributed by atoms with E-state index >= 15 is 0 Å². The van der Waals surface area contributed by atoms with Crippen LogP contribution in [0.2, 0.25) is 0 Å². The molecule has 0 aliphatic carbocycles. The molecule has 8 heteroatoms. The van der Waals surface area contributed by atoms with E-state index in [1.54, 1.807) is 0 Å². The van der Waals surface area contributed by atoms with E-state index in [2.05, 4.69) is 4.98 Å². The lowest BCUT2D eigenvalue weighted by atomic mass is 10.0. The van der Waals surface area contributed by atoms with Crippen LogP contribution < -0.4 is 0 Å². The van der Waals surface area contributed by atoms with Crippen LogP contribution in [0, 0.1) is 0 Å². The molecule has 0 spiro atoms. The Bertz CT molecular complexity index is 407. The van der Waals surface area contributed by atoms with Crippen LogP contribution in [0.4, 0.5) is 22.0 Å². The fourth-order valence-electron chi connectivity index (χ4n) is 1.40. The fourth-order valence-corrected chi connectivity index (χ4v) is 1.60. The standard InChI is InChI=1S/C9H7ClF5NO/c10-1-5-7(9(13,14)15)6(8(11)12)4(3-17)2-16-5/h2,8,17H,1,3H2. The van der Waals surface area contributed by atoms with Gasteiger partial charge in [-0.1, -0.05) is 0 Å². The Morgan fingerprint density at radius 2 is 1.94 bits per heavy atom. The fraction of sp³-hybridized carbons (Fsp3) is 0.444. The maximum absolute atomic E-state index is 12.7. The molecule has 0 radical (unpaired) electrons. The maximum atomic E-state index is 12.7. The minimum atomic E-state index is -4.99. The van der Waals surface area contributed by atoms with Gasteiger partial charge in [-0.25, -0.2) is 8.78 Å². The average molecular weight is 276 g/mol. The number of aliphatic hydroxyl groups is 1. The van der Waals surface area contributed by atoms with Gasteiger partial charge in [-0.05, 0) is 0 Å². The first-order chi connectivity index (χ1) is 7.82. The Balaban J connectivity index is 3.59. The molecule has 0 amide bonds. The van der Waals surface area contributed by atoms with E-state index in [9.17, 15) is 22.0 Å². The van der Waals surface area contributed by atoms with Gasteiger partial charge in [0.05, 0.1) is 23.7 Å². The van der Waals surface area contributed by atoms with E-state index < -0.39 is 47.5 Å². The number of rotatable bonds is 3. The highest BCUT2D eigenvalue weighted by molar-refractivity contribution is 6.17. The summed E-state index contributed by atoms with van der Waals surface area (Å²) in [6.07, 6.45) is -7.58. The maximum Gasteiger partial charge on any atom is 0.418 e. The van der Waals surface area contributed by atoms with Crippen LogP contribution >= 0.6 is 11.6 Å². The summed E-state index contributed by atoms with van der Waals surface area (Å²) in [7, 11) is 0. The van der Waals surface area contributed by atoms with Crippen molar-refractivity contribution in [2.45, 2.75) is 25.1 Å². The van der Waals surface area contributed by atoms with E-state index in [1.165, 1.54) is 0 Å². The molecule has 0 unspecified atom stereocenters. The minimum absolute atomic E-state index is 0.554. The van der Waals surface area contributed by atoms with Gasteiger partial charge >= 0.3 is 6.18 Å². The largest absolute Gasteiger partial charge is 0.418 e. The number of hydrogen-bond acceptors (Lipinski definition) is 2. The first-order valence-electron chi connectivity index (χ1n) is 4.35. The van der Waals surface area contributed by atoms with E-state index in [1.807, 2.05) is 0 Å². The summed E-state index contributed by atoms with van der Waals surface area (Å²) in [5.41, 5.74) is -4.05. The van der Waals surface area contributed by atoms with Gasteiger partial charge in [0, 0.05) is 17.3 Å². The molecule has 0 atom stereocenters. The summed E-state index contributed by atoms with van der Waals surface area (Å²) in [5.74, 6) is -0.639. The topological polar surface area (TPSA) is 33.1 Å². The van der Waals surface area contributed by atoms with Crippen molar-refractivity contribution >= 4 is 11.6 Å². The number of pyridine rings is 1. The predicted molar refractivity (Wildman–Crippen MR) is 49.7 cm³/mol. The summed E-state index contributed by atoms with van der Waals surface area (Å²) in [4.78, 5) is 3.33. The van der Waals surface area contributed by atoms with Crippen LogP contribution in [0.1, 0.15) is 28.8 Å². The van der Waals surface area contributed by atoms with Crippen molar-refractivity contribution in [3.8, 4) is 0 Å². The van der Waals surface area contributed by atoms with Crippen molar-refractivity contribution in [2.24, 2.45) is 0 Å². The lowest BCUT2D eigenvalue weighted by Crippen LogP contribution is -2.16. The highest BCUT2D eigenvalue weighted by Gasteiger charge is 2.40. The van der Waals surface area contributed by atoms with E-state index in [4.69, 9.17) is 16.7 Å². The molecule has 2 nitrogen and oxygen atoms in total. The molecule has 96 valence electrons. The molecule has 0 aliphatic rings. The second-order valence-electron chi connectivity index (χ2n) is 3.11. The van der Waals surface area contributed by atoms with Crippen LogP contribution in [0.15, 0.2) is 6.20 Å². The monoisotopic (exact) mass is 275 g/mol. The number of aromatic nitrogens is 1. The minimum Gasteiger partial charge on any atom is -0.392 e. The molecule has 0 aromatic carbocycles. The molecule has 0 fully saturated rings. The molecule has 0 aliphatic heterocycles. The zero-order chi connectivity index (χ0) is 13.2. The van der Waals surface area contributed by atoms with Crippen molar-refractivity contribution in [1.29, 1.82) is 0 Å². The summed E-state index contributed by atoms with van der Waals surface area (Å²) < 4.78 is 63.3. The van der Waals surface area contributed by atoms with Crippen molar-refractivity contribution < 1.29 is 27.1 Å². The van der Waals surface area contributed by atoms with Crippen LogP contribution in [0.3, 0.4) is 0 Å². The second-order valence-corrected chi connectivity index (χ2v) is 3.38. The Labute approximate surface area is 98.0 Å². The summed E-state index contributed by atoms with van der Waals surface area (Å²) in [6, 6.07) is 0. The van der Waals surface area contributed by atoms with Crippen LogP contribution in [-0.4, -0.2) is 10.1 Å². The molecular weight excluding hydrogens is 269 g/mol. The number of nitrogens with zero attached hydrogens (tertiary/aromatic N) is 1. The average Bonchev–Trinajstić information content (AvgIpc) is 2.25. The second kappa shape index (κ2) is 5.14. The molecule has 1 heterocycles. The van der Waals surface area contributed by atoms with Crippen LogP contribution in [0.5, 0.6) is 0 Å². The summed E-state index contributed by atoms with van der Waals surface area (Å²) in [5, 5.41) is 8.75. The molecule has 1 rings (SSSR count). The van der Waals surface area contributed by atoms with Gasteiger partial charge in [0.25, 0.3) is 6.43 Å². The molecule has 0 saturated heterocycles. The van der Waals surface area contributed by atoms with Gasteiger partial charge in [0.1, 0.15) is 0 Å². The molecule has 0 bridgehead atoms. The highest BCUT2D eigenvalue weighted by Crippen LogP contribution is 2.40. The van der Waals surface area contributed by atoms with Crippen molar-refractivity contribution in [3.05, 3.63) is 28.6 Å². The normalized spacial score (nSPS) is 12.2. The van der Waals surface area contributed by atoms with E-state index in [0.717, 1.165) is 6.20 Å². The number of halogens is 6. The van der Waals surface area contributed by atoms with Gasteiger partial charge in [0.15, 0.2) is 0 Å². The first kappa shape index (κ1) is 14.1. The lowest BCUT2D eigenvalue weighted by molar-refractivity contribution is -0.140. The third-order valence-corrected chi connectivity index (χ3v) is 2.33. The van der Waals surface area contributed by atoms with Crippen molar-refractivity contribution in [1.82, 2.24) is 4.98 Å². The highest BCUT2D eigenvalue weighted by atomic mass is 35.5. The number of alkyl halides is 6. The van der Waals surface area contributed by atoms with Gasteiger partial charge in [-0.3, -0.25) is 4.98 Å². The molecule has 1 aromatic heterocycles. The zero-order valence-electron chi connectivity index (χ0n) is 8.23. The van der Waals surface area contributed by atoms with E-state index in [-0.39, 0.29) is 0 Å². The van der Waals surface area contributed by atoms with Gasteiger partial charge in [-0.15, -0.1) is 11.6 Å². The molecule has 1 N–H and O–H groups in total. The Hall–Kier alpha value is -0.950. The van der Waals surface area contributed by atoms with Gasteiger partial charge in [0.2, 0.25) is 0 Å². The zero-order valence-corrected chi connectivity index (χ0v) is 8.99. The van der Waals surface area contributed by atoms with E-state index in [0.29, 0.717) is 0 Å². The van der Waals surface area contributed by atoms with Crippen molar-refractivity contribution in [3.63, 3.8) is 0 Å². The molecule has 0 saturated carbocycles. The number of aliphatic hydroxyl groups excluding tert-OH is 1. The third-order valence-electron chi connectivity index (χ3n) is 2.08. The smallest absolute Gasteiger partial charge is 0.392 e. The van der Waals surface area contributed by atoms with Crippen molar-refractivity contribution in [2.75, 3.05) is 0 Å². The van der Waals surface area contributed by atoms with Crippen LogP contribution in [-0.2, 0) is 18.7 Å². The molecule has 1 aromatic rings. The Morgan fingerprint density at radius 3 is 2.29 bits per heavy atom.